The Labute approximate surface area is 192 Å². The first kappa shape index (κ1) is 24.6. The second-order valence-corrected chi connectivity index (χ2v) is 8.77. The van der Waals surface area contributed by atoms with Gasteiger partial charge in [-0.15, -0.1) is 0 Å². The van der Waals surface area contributed by atoms with E-state index in [9.17, 15) is 22.8 Å². The molecule has 7 heteroatoms. The standard InChI is InChI=1S/C26H28F3NO3/c1-16(2)15-33-25(32)24-18(4)30(14-20-8-6-5-7-17(20)3)23(31)13-22(24)19-9-11-21(12-10-19)26(27,28)29/h5-12,16,22H,13-15H2,1-4H3. The maximum absolute atomic E-state index is 13.1. The van der Waals surface area contributed by atoms with Crippen molar-refractivity contribution in [1.29, 1.82) is 0 Å². The van der Waals surface area contributed by atoms with Crippen LogP contribution in [0.3, 0.4) is 0 Å². The summed E-state index contributed by atoms with van der Waals surface area (Å²) in [6.45, 7) is 7.98. The van der Waals surface area contributed by atoms with Gasteiger partial charge >= 0.3 is 12.1 Å². The maximum Gasteiger partial charge on any atom is 0.416 e. The molecule has 0 spiro atoms. The molecule has 33 heavy (non-hydrogen) atoms. The molecule has 1 aliphatic heterocycles. The summed E-state index contributed by atoms with van der Waals surface area (Å²) in [5.74, 6) is -1.30. The maximum atomic E-state index is 13.1. The van der Waals surface area contributed by atoms with E-state index < -0.39 is 23.6 Å². The summed E-state index contributed by atoms with van der Waals surface area (Å²) < 4.78 is 44.5. The summed E-state index contributed by atoms with van der Waals surface area (Å²) in [5.41, 5.74) is 2.44. The Balaban J connectivity index is 2.02. The fourth-order valence-electron chi connectivity index (χ4n) is 3.94. The molecule has 4 nitrogen and oxygen atoms in total. The van der Waals surface area contributed by atoms with Gasteiger partial charge in [0.15, 0.2) is 0 Å². The fraction of sp³-hybridized carbons (Fsp3) is 0.385. The molecule has 3 rings (SSSR count). The van der Waals surface area contributed by atoms with Crippen LogP contribution in [-0.2, 0) is 27.0 Å². The number of alkyl halides is 3. The minimum absolute atomic E-state index is 0.0271. The van der Waals surface area contributed by atoms with Gasteiger partial charge in [0.25, 0.3) is 0 Å². The van der Waals surface area contributed by atoms with E-state index in [4.69, 9.17) is 4.74 Å². The highest BCUT2D eigenvalue weighted by atomic mass is 19.4. The molecule has 0 bridgehead atoms. The number of halogens is 3. The molecule has 0 saturated carbocycles. The number of amides is 1. The molecular weight excluding hydrogens is 431 g/mol. The number of carbonyl (C=O) groups is 2. The van der Waals surface area contributed by atoms with Gasteiger partial charge in [0.05, 0.1) is 24.3 Å². The number of hydrogen-bond acceptors (Lipinski definition) is 3. The average Bonchev–Trinajstić information content (AvgIpc) is 2.75. The predicted molar refractivity (Wildman–Crippen MR) is 119 cm³/mol. The number of rotatable bonds is 6. The zero-order valence-electron chi connectivity index (χ0n) is 19.2. The molecule has 176 valence electrons. The van der Waals surface area contributed by atoms with E-state index in [1.165, 1.54) is 12.1 Å². The van der Waals surface area contributed by atoms with E-state index in [2.05, 4.69) is 0 Å². The number of aryl methyl sites for hydroxylation is 1. The summed E-state index contributed by atoms with van der Waals surface area (Å²) in [7, 11) is 0. The number of hydrogen-bond donors (Lipinski definition) is 0. The molecule has 2 aromatic rings. The van der Waals surface area contributed by atoms with Crippen molar-refractivity contribution in [3.05, 3.63) is 82.1 Å². The number of carbonyl (C=O) groups excluding carboxylic acids is 2. The largest absolute Gasteiger partial charge is 0.462 e. The third-order valence-electron chi connectivity index (χ3n) is 5.82. The molecule has 0 fully saturated rings. The first-order valence-electron chi connectivity index (χ1n) is 10.9. The third-order valence-corrected chi connectivity index (χ3v) is 5.82. The number of benzene rings is 2. The number of ether oxygens (including phenoxy) is 1. The van der Waals surface area contributed by atoms with Crippen LogP contribution in [0.15, 0.2) is 59.8 Å². The SMILES string of the molecule is CC1=C(C(=O)OCC(C)C)C(c2ccc(C(F)(F)F)cc2)CC(=O)N1Cc1ccccc1C. The topological polar surface area (TPSA) is 46.6 Å². The smallest absolute Gasteiger partial charge is 0.416 e. The quantitative estimate of drug-likeness (QED) is 0.498. The van der Waals surface area contributed by atoms with Crippen LogP contribution in [0.4, 0.5) is 13.2 Å². The van der Waals surface area contributed by atoms with Crippen LogP contribution in [0.25, 0.3) is 0 Å². The van der Waals surface area contributed by atoms with Crippen molar-refractivity contribution in [2.45, 2.75) is 52.8 Å². The molecule has 0 aliphatic carbocycles. The summed E-state index contributed by atoms with van der Waals surface area (Å²) in [6.07, 6.45) is -4.49. The molecule has 0 N–H and O–H groups in total. The monoisotopic (exact) mass is 459 g/mol. The Morgan fingerprint density at radius 3 is 2.30 bits per heavy atom. The Bertz CT molecular complexity index is 1060. The zero-order chi connectivity index (χ0) is 24.3. The molecule has 1 heterocycles. The van der Waals surface area contributed by atoms with E-state index in [0.29, 0.717) is 23.4 Å². The van der Waals surface area contributed by atoms with Crippen LogP contribution in [0.1, 0.15) is 55.4 Å². The molecule has 0 saturated heterocycles. The van der Waals surface area contributed by atoms with Gasteiger partial charge < -0.3 is 9.64 Å². The minimum atomic E-state index is -4.46. The Hall–Kier alpha value is -3.09. The lowest BCUT2D eigenvalue weighted by Gasteiger charge is -2.35. The van der Waals surface area contributed by atoms with E-state index >= 15 is 0 Å². The Morgan fingerprint density at radius 2 is 1.73 bits per heavy atom. The average molecular weight is 460 g/mol. The molecule has 1 atom stereocenters. The molecule has 1 amide bonds. The van der Waals surface area contributed by atoms with Gasteiger partial charge in [-0.2, -0.15) is 13.2 Å². The van der Waals surface area contributed by atoms with Crippen LogP contribution in [0, 0.1) is 12.8 Å². The predicted octanol–water partition coefficient (Wildman–Crippen LogP) is 6.00. The van der Waals surface area contributed by atoms with Crippen molar-refractivity contribution in [2.75, 3.05) is 6.61 Å². The molecular formula is C26H28F3NO3. The molecule has 1 unspecified atom stereocenters. The van der Waals surface area contributed by atoms with Crippen molar-refractivity contribution < 1.29 is 27.5 Å². The van der Waals surface area contributed by atoms with Gasteiger partial charge in [-0.3, -0.25) is 4.79 Å². The van der Waals surface area contributed by atoms with Gasteiger partial charge in [0, 0.05) is 18.0 Å². The number of esters is 1. The van der Waals surface area contributed by atoms with Crippen LogP contribution in [0.5, 0.6) is 0 Å². The van der Waals surface area contributed by atoms with E-state index in [1.807, 2.05) is 45.0 Å². The summed E-state index contributed by atoms with van der Waals surface area (Å²) in [5, 5.41) is 0. The lowest BCUT2D eigenvalue weighted by Crippen LogP contribution is -2.38. The van der Waals surface area contributed by atoms with Crippen molar-refractivity contribution >= 4 is 11.9 Å². The molecule has 0 radical (unpaired) electrons. The lowest BCUT2D eigenvalue weighted by atomic mass is 9.83. The highest BCUT2D eigenvalue weighted by Gasteiger charge is 2.38. The van der Waals surface area contributed by atoms with Gasteiger partial charge in [0.2, 0.25) is 5.91 Å². The number of allylic oxidation sites excluding steroid dienone is 1. The summed E-state index contributed by atoms with van der Waals surface area (Å²) in [6, 6.07) is 12.3. The van der Waals surface area contributed by atoms with E-state index in [0.717, 1.165) is 23.3 Å². The normalized spacial score (nSPS) is 17.0. The number of nitrogens with zero attached hydrogens (tertiary/aromatic N) is 1. The summed E-state index contributed by atoms with van der Waals surface area (Å²) in [4.78, 5) is 27.8. The second kappa shape index (κ2) is 9.81. The van der Waals surface area contributed by atoms with Crippen LogP contribution >= 0.6 is 0 Å². The van der Waals surface area contributed by atoms with Gasteiger partial charge in [-0.05, 0) is 48.6 Å². The van der Waals surface area contributed by atoms with Gasteiger partial charge in [-0.1, -0.05) is 50.2 Å². The molecule has 0 aromatic heterocycles. The zero-order valence-corrected chi connectivity index (χ0v) is 19.2. The molecule has 2 aromatic carbocycles. The molecule has 1 aliphatic rings. The fourth-order valence-corrected chi connectivity index (χ4v) is 3.94. The second-order valence-electron chi connectivity index (χ2n) is 8.77. The Morgan fingerprint density at radius 1 is 1.09 bits per heavy atom. The van der Waals surface area contributed by atoms with E-state index in [-0.39, 0.29) is 24.9 Å². The van der Waals surface area contributed by atoms with Gasteiger partial charge in [0.1, 0.15) is 0 Å². The van der Waals surface area contributed by atoms with Crippen molar-refractivity contribution in [2.24, 2.45) is 5.92 Å². The lowest BCUT2D eigenvalue weighted by molar-refractivity contribution is -0.141. The van der Waals surface area contributed by atoms with Crippen molar-refractivity contribution in [3.8, 4) is 0 Å². The van der Waals surface area contributed by atoms with Crippen LogP contribution in [-0.4, -0.2) is 23.4 Å². The minimum Gasteiger partial charge on any atom is -0.462 e. The first-order chi connectivity index (χ1) is 15.5. The van der Waals surface area contributed by atoms with Crippen molar-refractivity contribution in [3.63, 3.8) is 0 Å². The summed E-state index contributed by atoms with van der Waals surface area (Å²) >= 11 is 0. The first-order valence-corrected chi connectivity index (χ1v) is 10.9. The van der Waals surface area contributed by atoms with Crippen molar-refractivity contribution in [1.82, 2.24) is 4.90 Å². The van der Waals surface area contributed by atoms with Crippen LogP contribution < -0.4 is 0 Å². The highest BCUT2D eigenvalue weighted by molar-refractivity contribution is 5.95. The third kappa shape index (κ3) is 5.64. The van der Waals surface area contributed by atoms with E-state index in [1.54, 1.807) is 11.8 Å². The Kier molecular flexibility index (Phi) is 7.30. The van der Waals surface area contributed by atoms with Crippen LogP contribution in [0.2, 0.25) is 0 Å². The van der Waals surface area contributed by atoms with Gasteiger partial charge in [-0.25, -0.2) is 4.79 Å². The highest BCUT2D eigenvalue weighted by Crippen LogP contribution is 2.39.